The van der Waals surface area contributed by atoms with Crippen LogP contribution in [0, 0.1) is 0 Å². The lowest BCUT2D eigenvalue weighted by Gasteiger charge is -2.08. The average Bonchev–Trinajstić information content (AvgIpc) is 2.69. The first-order valence-electron chi connectivity index (χ1n) is 8.61. The number of hydrogen-bond acceptors (Lipinski definition) is 6. The van der Waals surface area contributed by atoms with Crippen LogP contribution < -0.4 is 10.6 Å². The number of ether oxygens (including phenoxy) is 2. The Hall–Kier alpha value is -3.68. The molecular weight excluding hydrogens is 364 g/mol. The zero-order chi connectivity index (χ0) is 20.5. The lowest BCUT2D eigenvalue weighted by molar-refractivity contribution is -0.152. The van der Waals surface area contributed by atoms with Crippen LogP contribution in [0.3, 0.4) is 0 Å². The fourth-order valence-electron chi connectivity index (χ4n) is 2.25. The molecule has 0 atom stereocenters. The number of anilines is 2. The second-order valence-electron chi connectivity index (χ2n) is 5.50. The first-order valence-corrected chi connectivity index (χ1v) is 8.61. The number of carbonyl (C=O) groups excluding carboxylic acids is 4. The molecule has 0 radical (unpaired) electrons. The second-order valence-corrected chi connectivity index (χ2v) is 5.50. The van der Waals surface area contributed by atoms with Crippen molar-refractivity contribution in [3.05, 3.63) is 48.5 Å². The van der Waals surface area contributed by atoms with Crippen LogP contribution in [0.1, 0.15) is 13.8 Å². The first-order chi connectivity index (χ1) is 13.4. The third-order valence-electron chi connectivity index (χ3n) is 3.54. The van der Waals surface area contributed by atoms with E-state index in [4.69, 9.17) is 0 Å². The van der Waals surface area contributed by atoms with Gasteiger partial charge >= 0.3 is 23.8 Å². The second kappa shape index (κ2) is 9.86. The Morgan fingerprint density at radius 1 is 0.643 bits per heavy atom. The summed E-state index contributed by atoms with van der Waals surface area (Å²) in [7, 11) is 0. The summed E-state index contributed by atoms with van der Waals surface area (Å²) in [6, 6.07) is 13.7. The first kappa shape index (κ1) is 20.6. The van der Waals surface area contributed by atoms with E-state index < -0.39 is 23.8 Å². The molecule has 0 spiro atoms. The smallest absolute Gasteiger partial charge is 0.397 e. The average molecular weight is 384 g/mol. The Balaban J connectivity index is 2.00. The van der Waals surface area contributed by atoms with Crippen molar-refractivity contribution in [2.24, 2.45) is 0 Å². The van der Waals surface area contributed by atoms with Crippen molar-refractivity contribution in [1.82, 2.24) is 0 Å². The maximum absolute atomic E-state index is 11.6. The van der Waals surface area contributed by atoms with Crippen LogP contribution in [-0.2, 0) is 28.7 Å². The molecule has 0 bridgehead atoms. The van der Waals surface area contributed by atoms with Gasteiger partial charge in [-0.25, -0.2) is 9.59 Å². The van der Waals surface area contributed by atoms with Gasteiger partial charge in [0.25, 0.3) is 0 Å². The van der Waals surface area contributed by atoms with Crippen molar-refractivity contribution in [3.8, 4) is 11.1 Å². The van der Waals surface area contributed by atoms with E-state index in [2.05, 4.69) is 20.1 Å². The Bertz CT molecular complexity index is 786. The van der Waals surface area contributed by atoms with Gasteiger partial charge in [-0.05, 0) is 49.2 Å². The third-order valence-corrected chi connectivity index (χ3v) is 3.54. The van der Waals surface area contributed by atoms with Crippen molar-refractivity contribution in [2.75, 3.05) is 23.8 Å². The molecule has 8 nitrogen and oxygen atoms in total. The summed E-state index contributed by atoms with van der Waals surface area (Å²) in [5.74, 6) is -3.55. The number of esters is 2. The zero-order valence-electron chi connectivity index (χ0n) is 15.5. The molecule has 0 heterocycles. The number of benzene rings is 2. The number of hydrogen-bond donors (Lipinski definition) is 2. The van der Waals surface area contributed by atoms with Crippen LogP contribution in [0.5, 0.6) is 0 Å². The topological polar surface area (TPSA) is 111 Å². The van der Waals surface area contributed by atoms with E-state index in [9.17, 15) is 19.2 Å². The molecule has 0 unspecified atom stereocenters. The van der Waals surface area contributed by atoms with Gasteiger partial charge in [0.2, 0.25) is 0 Å². The molecule has 28 heavy (non-hydrogen) atoms. The highest BCUT2D eigenvalue weighted by molar-refractivity contribution is 6.37. The van der Waals surface area contributed by atoms with E-state index in [1.54, 1.807) is 62.4 Å². The van der Waals surface area contributed by atoms with Gasteiger partial charge in [-0.1, -0.05) is 24.3 Å². The normalized spacial score (nSPS) is 9.93. The van der Waals surface area contributed by atoms with Gasteiger partial charge in [-0.3, -0.25) is 9.59 Å². The van der Waals surface area contributed by atoms with E-state index in [0.717, 1.165) is 11.1 Å². The molecule has 0 saturated heterocycles. The molecule has 146 valence electrons. The Morgan fingerprint density at radius 2 is 0.964 bits per heavy atom. The summed E-state index contributed by atoms with van der Waals surface area (Å²) in [4.78, 5) is 45.9. The Labute approximate surface area is 161 Å². The molecular formula is C20H20N2O6. The molecule has 0 fully saturated rings. The van der Waals surface area contributed by atoms with Crippen molar-refractivity contribution in [1.29, 1.82) is 0 Å². The standard InChI is InChI=1S/C20H20N2O6/c1-3-27-19(25)17(23)21-15-9-5-13(6-10-15)14-7-11-16(12-8-14)22-18(24)20(26)28-4-2/h5-12H,3-4H2,1-2H3,(H,21,23)(H,22,24). The zero-order valence-corrected chi connectivity index (χ0v) is 15.5. The summed E-state index contributed by atoms with van der Waals surface area (Å²) < 4.78 is 9.25. The van der Waals surface area contributed by atoms with Gasteiger partial charge in [0.1, 0.15) is 0 Å². The molecule has 0 aromatic heterocycles. The Morgan fingerprint density at radius 3 is 1.25 bits per heavy atom. The van der Waals surface area contributed by atoms with Crippen LogP contribution in [0.15, 0.2) is 48.5 Å². The molecule has 8 heteroatoms. The number of amides is 2. The van der Waals surface area contributed by atoms with E-state index in [-0.39, 0.29) is 13.2 Å². The molecule has 0 aliphatic heterocycles. The predicted octanol–water partition coefficient (Wildman–Crippen LogP) is 2.36. The molecule has 2 aromatic carbocycles. The van der Waals surface area contributed by atoms with Gasteiger partial charge in [-0.2, -0.15) is 0 Å². The summed E-state index contributed by atoms with van der Waals surface area (Å²) in [6.45, 7) is 3.49. The lowest BCUT2D eigenvalue weighted by Crippen LogP contribution is -2.24. The van der Waals surface area contributed by atoms with Crippen LogP contribution in [-0.4, -0.2) is 37.0 Å². The maximum atomic E-state index is 11.6. The van der Waals surface area contributed by atoms with Gasteiger partial charge in [0.15, 0.2) is 0 Å². The van der Waals surface area contributed by atoms with Gasteiger partial charge in [0, 0.05) is 11.4 Å². The fraction of sp³-hybridized carbons (Fsp3) is 0.200. The minimum absolute atomic E-state index is 0.126. The van der Waals surface area contributed by atoms with Gasteiger partial charge in [0.05, 0.1) is 13.2 Å². The highest BCUT2D eigenvalue weighted by atomic mass is 16.5. The third kappa shape index (κ3) is 5.66. The highest BCUT2D eigenvalue weighted by Crippen LogP contribution is 2.23. The summed E-state index contributed by atoms with van der Waals surface area (Å²) >= 11 is 0. The summed E-state index contributed by atoms with van der Waals surface area (Å²) in [5.41, 5.74) is 2.63. The van der Waals surface area contributed by atoms with Gasteiger partial charge in [-0.15, -0.1) is 0 Å². The number of rotatable bonds is 5. The predicted molar refractivity (Wildman–Crippen MR) is 102 cm³/mol. The maximum Gasteiger partial charge on any atom is 0.397 e. The van der Waals surface area contributed by atoms with Crippen LogP contribution >= 0.6 is 0 Å². The van der Waals surface area contributed by atoms with Crippen LogP contribution in [0.25, 0.3) is 11.1 Å². The molecule has 2 N–H and O–H groups in total. The van der Waals surface area contributed by atoms with Gasteiger partial charge < -0.3 is 20.1 Å². The molecule has 0 aliphatic rings. The lowest BCUT2D eigenvalue weighted by atomic mass is 10.0. The molecule has 2 rings (SSSR count). The minimum atomic E-state index is -0.938. The fourth-order valence-corrected chi connectivity index (χ4v) is 2.25. The summed E-state index contributed by atoms with van der Waals surface area (Å²) in [6.07, 6.45) is 0. The number of carbonyl (C=O) groups is 4. The van der Waals surface area contributed by atoms with Crippen molar-refractivity contribution in [3.63, 3.8) is 0 Å². The quantitative estimate of drug-likeness (QED) is 0.605. The largest absolute Gasteiger partial charge is 0.459 e. The van der Waals surface area contributed by atoms with Crippen molar-refractivity contribution < 1.29 is 28.7 Å². The number of nitrogens with one attached hydrogen (secondary N) is 2. The molecule has 2 amide bonds. The van der Waals surface area contributed by atoms with E-state index in [1.807, 2.05) is 0 Å². The van der Waals surface area contributed by atoms with Crippen molar-refractivity contribution in [2.45, 2.75) is 13.8 Å². The van der Waals surface area contributed by atoms with E-state index >= 15 is 0 Å². The molecule has 0 saturated carbocycles. The highest BCUT2D eigenvalue weighted by Gasteiger charge is 2.15. The van der Waals surface area contributed by atoms with Crippen molar-refractivity contribution >= 4 is 35.1 Å². The Kier molecular flexibility index (Phi) is 7.27. The van der Waals surface area contributed by atoms with Crippen LogP contribution in [0.4, 0.5) is 11.4 Å². The molecule has 0 aliphatic carbocycles. The minimum Gasteiger partial charge on any atom is -0.459 e. The van der Waals surface area contributed by atoms with E-state index in [0.29, 0.717) is 11.4 Å². The monoisotopic (exact) mass is 384 g/mol. The SMILES string of the molecule is CCOC(=O)C(=O)Nc1ccc(-c2ccc(NC(=O)C(=O)OCC)cc2)cc1. The molecule has 2 aromatic rings. The summed E-state index contributed by atoms with van der Waals surface area (Å²) in [5, 5.41) is 4.90. The van der Waals surface area contributed by atoms with Crippen LogP contribution in [0.2, 0.25) is 0 Å². The van der Waals surface area contributed by atoms with E-state index in [1.165, 1.54) is 0 Å².